The van der Waals surface area contributed by atoms with Gasteiger partial charge in [-0.25, -0.2) is 0 Å². The van der Waals surface area contributed by atoms with E-state index in [1.165, 1.54) is 6.08 Å². The van der Waals surface area contributed by atoms with Gasteiger partial charge in [0.15, 0.2) is 0 Å². The Balaban J connectivity index is 2.28. The number of carbonyl (C=O) groups is 1. The third-order valence-electron chi connectivity index (χ3n) is 2.47. The zero-order valence-corrected chi connectivity index (χ0v) is 8.33. The Kier molecular flexibility index (Phi) is 4.21. The van der Waals surface area contributed by atoms with Crippen molar-refractivity contribution >= 4 is 5.91 Å². The van der Waals surface area contributed by atoms with Crippen LogP contribution in [0, 0.1) is 12.3 Å². The minimum Gasteiger partial charge on any atom is -0.339 e. The fourth-order valence-electron chi connectivity index (χ4n) is 1.64. The van der Waals surface area contributed by atoms with Crippen molar-refractivity contribution in [1.29, 1.82) is 0 Å². The van der Waals surface area contributed by atoms with Crippen molar-refractivity contribution in [2.24, 2.45) is 0 Å². The molecule has 0 bridgehead atoms. The van der Waals surface area contributed by atoms with Crippen molar-refractivity contribution in [1.82, 2.24) is 10.2 Å². The Labute approximate surface area is 85.2 Å². The molecule has 0 aromatic carbocycles. The fraction of sp³-hybridized carbons (Fsp3) is 0.545. The predicted molar refractivity (Wildman–Crippen MR) is 56.6 cm³/mol. The van der Waals surface area contributed by atoms with Crippen LogP contribution in [0.15, 0.2) is 12.7 Å². The van der Waals surface area contributed by atoms with Gasteiger partial charge in [-0.1, -0.05) is 12.5 Å². The van der Waals surface area contributed by atoms with Gasteiger partial charge in [0.1, 0.15) is 0 Å². The lowest BCUT2D eigenvalue weighted by molar-refractivity contribution is -0.127. The Hall–Kier alpha value is -1.27. The number of rotatable bonds is 3. The van der Waals surface area contributed by atoms with E-state index in [0.29, 0.717) is 12.6 Å². The molecule has 0 aromatic heterocycles. The quantitative estimate of drug-likeness (QED) is 0.518. The molecule has 0 saturated carbocycles. The number of carbonyl (C=O) groups excluding carboxylic acids is 1. The average molecular weight is 192 g/mol. The molecular formula is C11H16N2O. The molecule has 1 aliphatic heterocycles. The highest BCUT2D eigenvalue weighted by Crippen LogP contribution is 2.10. The van der Waals surface area contributed by atoms with Crippen molar-refractivity contribution in [3.63, 3.8) is 0 Å². The van der Waals surface area contributed by atoms with Crippen molar-refractivity contribution < 1.29 is 4.79 Å². The number of nitrogens with one attached hydrogen (secondary N) is 1. The minimum absolute atomic E-state index is 0.0281. The highest BCUT2D eigenvalue weighted by molar-refractivity contribution is 5.87. The molecule has 1 N–H and O–H groups in total. The van der Waals surface area contributed by atoms with Gasteiger partial charge < -0.3 is 10.2 Å². The molecule has 0 aliphatic carbocycles. The van der Waals surface area contributed by atoms with Gasteiger partial charge >= 0.3 is 0 Å². The van der Waals surface area contributed by atoms with Gasteiger partial charge in [-0.05, 0) is 18.9 Å². The highest BCUT2D eigenvalue weighted by atomic mass is 16.2. The lowest BCUT2D eigenvalue weighted by Gasteiger charge is -2.31. The molecule has 1 rings (SSSR count). The second kappa shape index (κ2) is 5.46. The molecule has 0 unspecified atom stereocenters. The van der Waals surface area contributed by atoms with E-state index in [1.54, 1.807) is 0 Å². The molecule has 0 spiro atoms. The Bertz CT molecular complexity index is 247. The molecule has 1 heterocycles. The Morgan fingerprint density at radius 1 is 1.64 bits per heavy atom. The van der Waals surface area contributed by atoms with Gasteiger partial charge in [0, 0.05) is 19.1 Å². The van der Waals surface area contributed by atoms with Crippen LogP contribution in [0.3, 0.4) is 0 Å². The second-order valence-electron chi connectivity index (χ2n) is 3.39. The maximum atomic E-state index is 11.2. The number of likely N-dealkylation sites (tertiary alicyclic amines) is 1. The zero-order chi connectivity index (χ0) is 10.4. The van der Waals surface area contributed by atoms with Crippen molar-refractivity contribution in [2.45, 2.75) is 18.9 Å². The highest BCUT2D eigenvalue weighted by Gasteiger charge is 2.20. The van der Waals surface area contributed by atoms with E-state index in [-0.39, 0.29) is 5.91 Å². The van der Waals surface area contributed by atoms with Crippen LogP contribution in [0.1, 0.15) is 12.8 Å². The zero-order valence-electron chi connectivity index (χ0n) is 8.33. The van der Waals surface area contributed by atoms with Crippen LogP contribution in [0.4, 0.5) is 0 Å². The molecule has 1 amide bonds. The molecule has 1 saturated heterocycles. The number of hydrogen-bond donors (Lipinski definition) is 1. The van der Waals surface area contributed by atoms with Crippen molar-refractivity contribution in [2.75, 3.05) is 19.6 Å². The first-order valence-electron chi connectivity index (χ1n) is 4.86. The van der Waals surface area contributed by atoms with Crippen molar-refractivity contribution in [3.8, 4) is 12.3 Å². The normalized spacial score (nSPS) is 17.5. The molecular weight excluding hydrogens is 176 g/mol. The molecule has 1 aliphatic rings. The maximum Gasteiger partial charge on any atom is 0.245 e. The van der Waals surface area contributed by atoms with Gasteiger partial charge in [-0.2, -0.15) is 0 Å². The second-order valence-corrected chi connectivity index (χ2v) is 3.39. The number of amides is 1. The monoisotopic (exact) mass is 192 g/mol. The summed E-state index contributed by atoms with van der Waals surface area (Å²) >= 11 is 0. The Morgan fingerprint density at radius 2 is 2.29 bits per heavy atom. The molecule has 1 fully saturated rings. The van der Waals surface area contributed by atoms with E-state index < -0.39 is 0 Å². The smallest absolute Gasteiger partial charge is 0.245 e. The molecule has 76 valence electrons. The molecule has 0 atom stereocenters. The fourth-order valence-corrected chi connectivity index (χ4v) is 1.64. The Morgan fingerprint density at radius 3 is 2.79 bits per heavy atom. The topological polar surface area (TPSA) is 32.3 Å². The summed E-state index contributed by atoms with van der Waals surface area (Å²) in [7, 11) is 0. The molecule has 0 radical (unpaired) electrons. The summed E-state index contributed by atoms with van der Waals surface area (Å²) in [4.78, 5) is 13.1. The van der Waals surface area contributed by atoms with Crippen LogP contribution < -0.4 is 5.32 Å². The third kappa shape index (κ3) is 2.90. The number of nitrogens with zero attached hydrogens (tertiary/aromatic N) is 1. The lowest BCUT2D eigenvalue weighted by Crippen LogP contribution is -2.44. The average Bonchev–Trinajstić information content (AvgIpc) is 2.26. The summed E-state index contributed by atoms with van der Waals surface area (Å²) < 4.78 is 0. The largest absolute Gasteiger partial charge is 0.339 e. The maximum absolute atomic E-state index is 11.2. The van der Waals surface area contributed by atoms with E-state index in [2.05, 4.69) is 17.8 Å². The van der Waals surface area contributed by atoms with Gasteiger partial charge in [0.25, 0.3) is 0 Å². The minimum atomic E-state index is 0.0281. The van der Waals surface area contributed by atoms with Crippen LogP contribution >= 0.6 is 0 Å². The first-order chi connectivity index (χ1) is 6.77. The molecule has 14 heavy (non-hydrogen) atoms. The summed E-state index contributed by atoms with van der Waals surface area (Å²) in [5, 5.41) is 3.25. The van der Waals surface area contributed by atoms with Crippen LogP contribution in [0.25, 0.3) is 0 Å². The van der Waals surface area contributed by atoms with Gasteiger partial charge in [0.2, 0.25) is 5.91 Å². The summed E-state index contributed by atoms with van der Waals surface area (Å²) in [6.45, 7) is 5.68. The van der Waals surface area contributed by atoms with E-state index >= 15 is 0 Å². The van der Waals surface area contributed by atoms with Crippen LogP contribution in [-0.2, 0) is 4.79 Å². The van der Waals surface area contributed by atoms with E-state index in [9.17, 15) is 4.79 Å². The van der Waals surface area contributed by atoms with Crippen molar-refractivity contribution in [3.05, 3.63) is 12.7 Å². The van der Waals surface area contributed by atoms with Gasteiger partial charge in [0.05, 0.1) is 6.54 Å². The van der Waals surface area contributed by atoms with E-state index in [0.717, 1.165) is 25.9 Å². The van der Waals surface area contributed by atoms with Gasteiger partial charge in [-0.15, -0.1) is 6.42 Å². The van der Waals surface area contributed by atoms with Crippen LogP contribution in [-0.4, -0.2) is 36.5 Å². The van der Waals surface area contributed by atoms with Crippen LogP contribution in [0.5, 0.6) is 0 Å². The summed E-state index contributed by atoms with van der Waals surface area (Å²) in [5.41, 5.74) is 0. The predicted octanol–water partition coefficient (Wildman–Crippen LogP) is 0.386. The third-order valence-corrected chi connectivity index (χ3v) is 2.47. The standard InChI is InChI=1S/C11H16N2O/c1-3-7-12-10-5-8-13(9-6-10)11(14)4-2/h1,4,10,12H,2,5-9H2. The lowest BCUT2D eigenvalue weighted by atomic mass is 10.1. The summed E-state index contributed by atoms with van der Waals surface area (Å²) in [6, 6.07) is 0.458. The number of piperidine rings is 1. The molecule has 3 nitrogen and oxygen atoms in total. The van der Waals surface area contributed by atoms with Gasteiger partial charge in [-0.3, -0.25) is 4.79 Å². The number of terminal acetylenes is 1. The number of hydrogen-bond acceptors (Lipinski definition) is 2. The van der Waals surface area contributed by atoms with E-state index in [1.807, 2.05) is 4.90 Å². The summed E-state index contributed by atoms with van der Waals surface area (Å²) in [5.74, 6) is 2.58. The first kappa shape index (κ1) is 10.8. The first-order valence-corrected chi connectivity index (χ1v) is 4.86. The molecule has 3 heteroatoms. The summed E-state index contributed by atoms with van der Waals surface area (Å²) in [6.07, 6.45) is 8.47. The SMILES string of the molecule is C#CCNC1CCN(C(=O)C=C)CC1. The molecule has 0 aromatic rings. The van der Waals surface area contributed by atoms with Crippen LogP contribution in [0.2, 0.25) is 0 Å². The van der Waals surface area contributed by atoms with E-state index in [4.69, 9.17) is 6.42 Å².